The van der Waals surface area contributed by atoms with Gasteiger partial charge in [0.05, 0.1) is 41.5 Å². The number of hydrogen-bond acceptors (Lipinski definition) is 6. The van der Waals surface area contributed by atoms with Gasteiger partial charge < -0.3 is 14.2 Å². The SMILES string of the molecule is COC(=O)c1ccc(Cl)c(NS(=O)(=O)c2ccc3c(c2)OCCCO3)c1. The third-order valence-electron chi connectivity index (χ3n) is 3.66. The van der Waals surface area contributed by atoms with Crippen LogP contribution in [-0.2, 0) is 14.8 Å². The summed E-state index contributed by atoms with van der Waals surface area (Å²) in [6.07, 6.45) is 0.713. The lowest BCUT2D eigenvalue weighted by Crippen LogP contribution is -2.14. The molecule has 0 radical (unpaired) electrons. The van der Waals surface area contributed by atoms with Crippen molar-refractivity contribution in [1.82, 2.24) is 0 Å². The second-order valence-electron chi connectivity index (χ2n) is 5.45. The molecule has 3 rings (SSSR count). The van der Waals surface area contributed by atoms with Crippen LogP contribution in [-0.4, -0.2) is 34.7 Å². The number of anilines is 1. The molecule has 1 heterocycles. The summed E-state index contributed by atoms with van der Waals surface area (Å²) < 4.78 is 43.4. The summed E-state index contributed by atoms with van der Waals surface area (Å²) in [5, 5.41) is 0.149. The van der Waals surface area contributed by atoms with Crippen molar-refractivity contribution in [1.29, 1.82) is 0 Å². The molecule has 0 aliphatic carbocycles. The third-order valence-corrected chi connectivity index (χ3v) is 5.35. The van der Waals surface area contributed by atoms with E-state index in [0.717, 1.165) is 0 Å². The molecule has 2 aromatic rings. The van der Waals surface area contributed by atoms with Crippen molar-refractivity contribution >= 4 is 33.3 Å². The molecule has 7 nitrogen and oxygen atoms in total. The number of sulfonamides is 1. The standard InChI is InChI=1S/C17H16ClNO6S/c1-23-17(20)11-3-5-13(18)14(9-11)19-26(21,22)12-4-6-15-16(10-12)25-8-2-7-24-15/h3-6,9-10,19H,2,7-8H2,1H3. The second kappa shape index (κ2) is 7.43. The maximum atomic E-state index is 12.7. The minimum Gasteiger partial charge on any atom is -0.490 e. The number of fused-ring (bicyclic) bond motifs is 1. The lowest BCUT2D eigenvalue weighted by Gasteiger charge is -2.13. The molecule has 1 N–H and O–H groups in total. The zero-order chi connectivity index (χ0) is 18.7. The Morgan fingerprint density at radius 3 is 2.58 bits per heavy atom. The Morgan fingerprint density at radius 2 is 1.85 bits per heavy atom. The Labute approximate surface area is 155 Å². The van der Waals surface area contributed by atoms with Crippen LogP contribution in [0.4, 0.5) is 5.69 Å². The van der Waals surface area contributed by atoms with Gasteiger partial charge in [0, 0.05) is 12.5 Å². The third kappa shape index (κ3) is 3.86. The van der Waals surface area contributed by atoms with E-state index in [1.165, 1.54) is 37.4 Å². The van der Waals surface area contributed by atoms with E-state index in [-0.39, 0.29) is 21.2 Å². The number of halogens is 1. The van der Waals surface area contributed by atoms with Gasteiger partial charge in [0.25, 0.3) is 10.0 Å². The molecule has 0 amide bonds. The molecule has 1 aliphatic rings. The monoisotopic (exact) mass is 397 g/mol. The van der Waals surface area contributed by atoms with Crippen molar-refractivity contribution in [3.63, 3.8) is 0 Å². The molecule has 26 heavy (non-hydrogen) atoms. The van der Waals surface area contributed by atoms with Gasteiger partial charge in [-0.3, -0.25) is 4.72 Å². The van der Waals surface area contributed by atoms with Gasteiger partial charge in [0.15, 0.2) is 11.5 Å². The van der Waals surface area contributed by atoms with Crippen LogP contribution >= 0.6 is 11.6 Å². The first-order valence-corrected chi connectivity index (χ1v) is 9.57. The van der Waals surface area contributed by atoms with Crippen LogP contribution in [0.5, 0.6) is 11.5 Å². The van der Waals surface area contributed by atoms with Crippen LogP contribution in [0.3, 0.4) is 0 Å². The highest BCUT2D eigenvalue weighted by Gasteiger charge is 2.20. The van der Waals surface area contributed by atoms with Crippen LogP contribution in [0, 0.1) is 0 Å². The molecule has 0 saturated carbocycles. The van der Waals surface area contributed by atoms with Gasteiger partial charge in [0.2, 0.25) is 0 Å². The molecule has 0 aromatic heterocycles. The maximum absolute atomic E-state index is 12.7. The molecular formula is C17H16ClNO6S. The van der Waals surface area contributed by atoms with E-state index < -0.39 is 16.0 Å². The molecule has 0 unspecified atom stereocenters. The van der Waals surface area contributed by atoms with Gasteiger partial charge in [-0.25, -0.2) is 13.2 Å². The average molecular weight is 398 g/mol. The van der Waals surface area contributed by atoms with E-state index in [1.54, 1.807) is 6.07 Å². The fraction of sp³-hybridized carbons (Fsp3) is 0.235. The molecule has 0 saturated heterocycles. The molecule has 1 aliphatic heterocycles. The fourth-order valence-corrected chi connectivity index (χ4v) is 3.67. The van der Waals surface area contributed by atoms with Crippen molar-refractivity contribution in [2.45, 2.75) is 11.3 Å². The Morgan fingerprint density at radius 1 is 1.12 bits per heavy atom. The normalized spacial score (nSPS) is 13.6. The van der Waals surface area contributed by atoms with Gasteiger partial charge in [-0.1, -0.05) is 11.6 Å². The Kier molecular flexibility index (Phi) is 5.24. The van der Waals surface area contributed by atoms with Gasteiger partial charge in [-0.15, -0.1) is 0 Å². The first-order chi connectivity index (χ1) is 12.4. The Bertz CT molecular complexity index is 944. The smallest absolute Gasteiger partial charge is 0.337 e. The number of esters is 1. The summed E-state index contributed by atoms with van der Waals surface area (Å²) in [4.78, 5) is 11.6. The van der Waals surface area contributed by atoms with Gasteiger partial charge in [-0.05, 0) is 30.3 Å². The van der Waals surface area contributed by atoms with Crippen LogP contribution in [0.1, 0.15) is 16.8 Å². The number of benzene rings is 2. The number of carbonyl (C=O) groups is 1. The zero-order valence-electron chi connectivity index (χ0n) is 13.8. The number of carbonyl (C=O) groups excluding carboxylic acids is 1. The Balaban J connectivity index is 1.92. The van der Waals surface area contributed by atoms with Crippen LogP contribution in [0.15, 0.2) is 41.3 Å². The minimum atomic E-state index is -3.95. The molecule has 0 bridgehead atoms. The van der Waals surface area contributed by atoms with Crippen LogP contribution in [0.2, 0.25) is 5.02 Å². The zero-order valence-corrected chi connectivity index (χ0v) is 15.4. The van der Waals surface area contributed by atoms with Crippen LogP contribution in [0.25, 0.3) is 0 Å². The topological polar surface area (TPSA) is 90.9 Å². The highest BCUT2D eigenvalue weighted by molar-refractivity contribution is 7.92. The van der Waals surface area contributed by atoms with Crippen molar-refractivity contribution in [3.8, 4) is 11.5 Å². The van der Waals surface area contributed by atoms with E-state index in [1.807, 2.05) is 0 Å². The maximum Gasteiger partial charge on any atom is 0.337 e. The number of ether oxygens (including phenoxy) is 3. The number of rotatable bonds is 4. The molecular weight excluding hydrogens is 382 g/mol. The number of hydrogen-bond donors (Lipinski definition) is 1. The fourth-order valence-electron chi connectivity index (χ4n) is 2.36. The summed E-state index contributed by atoms with van der Waals surface area (Å²) in [7, 11) is -2.72. The molecule has 2 aromatic carbocycles. The highest BCUT2D eigenvalue weighted by atomic mass is 35.5. The van der Waals surface area contributed by atoms with E-state index in [9.17, 15) is 13.2 Å². The highest BCUT2D eigenvalue weighted by Crippen LogP contribution is 2.33. The molecule has 0 fully saturated rings. The van der Waals surface area contributed by atoms with Crippen molar-refractivity contribution in [3.05, 3.63) is 47.0 Å². The van der Waals surface area contributed by atoms with Gasteiger partial charge >= 0.3 is 5.97 Å². The van der Waals surface area contributed by atoms with Crippen molar-refractivity contribution in [2.75, 3.05) is 25.0 Å². The molecule has 9 heteroatoms. The van der Waals surface area contributed by atoms with Gasteiger partial charge in [-0.2, -0.15) is 0 Å². The van der Waals surface area contributed by atoms with E-state index in [0.29, 0.717) is 31.1 Å². The van der Waals surface area contributed by atoms with Gasteiger partial charge in [0.1, 0.15) is 0 Å². The lowest BCUT2D eigenvalue weighted by atomic mass is 10.2. The summed E-state index contributed by atoms with van der Waals surface area (Å²) in [6.45, 7) is 0.949. The summed E-state index contributed by atoms with van der Waals surface area (Å²) in [6, 6.07) is 8.52. The van der Waals surface area contributed by atoms with Crippen LogP contribution < -0.4 is 14.2 Å². The molecule has 0 spiro atoms. The first kappa shape index (κ1) is 18.3. The lowest BCUT2D eigenvalue weighted by molar-refractivity contribution is 0.0601. The summed E-state index contributed by atoms with van der Waals surface area (Å²) in [5.74, 6) is 0.254. The second-order valence-corrected chi connectivity index (χ2v) is 7.54. The molecule has 0 atom stereocenters. The average Bonchev–Trinajstić information content (AvgIpc) is 2.87. The Hall–Kier alpha value is -2.45. The molecule has 138 valence electrons. The summed E-state index contributed by atoms with van der Waals surface area (Å²) in [5.41, 5.74) is 0.245. The van der Waals surface area contributed by atoms with E-state index >= 15 is 0 Å². The predicted molar refractivity (Wildman–Crippen MR) is 95.6 cm³/mol. The first-order valence-electron chi connectivity index (χ1n) is 7.71. The predicted octanol–water partition coefficient (Wildman–Crippen LogP) is 3.09. The largest absolute Gasteiger partial charge is 0.490 e. The van der Waals surface area contributed by atoms with E-state index in [2.05, 4.69) is 9.46 Å². The number of methoxy groups -OCH3 is 1. The van der Waals surface area contributed by atoms with Crippen molar-refractivity contribution in [2.24, 2.45) is 0 Å². The van der Waals surface area contributed by atoms with E-state index in [4.69, 9.17) is 21.1 Å². The quantitative estimate of drug-likeness (QED) is 0.797. The minimum absolute atomic E-state index is 0.0127. The summed E-state index contributed by atoms with van der Waals surface area (Å²) >= 11 is 6.05. The number of nitrogens with one attached hydrogen (secondary N) is 1. The van der Waals surface area contributed by atoms with Crippen molar-refractivity contribution < 1.29 is 27.4 Å².